The van der Waals surface area contributed by atoms with Crippen LogP contribution in [0.2, 0.25) is 0 Å². The minimum atomic E-state index is -0.963. The van der Waals surface area contributed by atoms with Gasteiger partial charge in [-0.1, -0.05) is 54.6 Å². The van der Waals surface area contributed by atoms with Gasteiger partial charge in [0.25, 0.3) is 0 Å². The Balaban J connectivity index is 1.42. The van der Waals surface area contributed by atoms with Crippen molar-refractivity contribution < 1.29 is 33.3 Å². The van der Waals surface area contributed by atoms with Crippen LogP contribution in [-0.2, 0) is 18.9 Å². The van der Waals surface area contributed by atoms with Gasteiger partial charge in [0.2, 0.25) is 6.29 Å². The van der Waals surface area contributed by atoms with E-state index in [1.807, 2.05) is 0 Å². The summed E-state index contributed by atoms with van der Waals surface area (Å²) >= 11 is 0. The largest absolute Gasteiger partial charge is 0.459 e. The lowest BCUT2D eigenvalue weighted by atomic mass is 10.0. The fourth-order valence-electron chi connectivity index (χ4n) is 3.59. The Morgan fingerprint density at radius 1 is 0.647 bits per heavy atom. The van der Waals surface area contributed by atoms with Gasteiger partial charge in [0, 0.05) is 12.8 Å². The molecule has 0 aromatic heterocycles. The minimum absolute atomic E-state index is 0.0769. The van der Waals surface area contributed by atoms with Gasteiger partial charge in [-0.25, -0.2) is 14.4 Å². The molecule has 34 heavy (non-hydrogen) atoms. The second-order valence-electron chi connectivity index (χ2n) is 7.79. The number of ether oxygens (including phenoxy) is 4. The van der Waals surface area contributed by atoms with Gasteiger partial charge < -0.3 is 18.9 Å². The highest BCUT2D eigenvalue weighted by Crippen LogP contribution is 2.25. The van der Waals surface area contributed by atoms with Crippen LogP contribution in [0.15, 0.2) is 91.0 Å². The molecule has 0 aliphatic carbocycles. The Labute approximate surface area is 197 Å². The zero-order valence-corrected chi connectivity index (χ0v) is 18.4. The van der Waals surface area contributed by atoms with Gasteiger partial charge in [0.1, 0.15) is 12.7 Å². The van der Waals surface area contributed by atoms with E-state index in [0.29, 0.717) is 23.1 Å². The minimum Gasteiger partial charge on any atom is -0.459 e. The van der Waals surface area contributed by atoms with Crippen molar-refractivity contribution in [2.75, 3.05) is 6.61 Å². The van der Waals surface area contributed by atoms with Crippen LogP contribution in [0.4, 0.5) is 0 Å². The lowest BCUT2D eigenvalue weighted by Crippen LogP contribution is -2.42. The van der Waals surface area contributed by atoms with Gasteiger partial charge in [-0.3, -0.25) is 0 Å². The van der Waals surface area contributed by atoms with Crippen LogP contribution < -0.4 is 0 Å². The molecule has 3 aromatic carbocycles. The third-order valence-electron chi connectivity index (χ3n) is 5.27. The maximum absolute atomic E-state index is 12.6. The molecule has 4 rings (SSSR count). The Morgan fingerprint density at radius 3 is 1.65 bits per heavy atom. The van der Waals surface area contributed by atoms with Crippen molar-refractivity contribution in [3.63, 3.8) is 0 Å². The first-order valence-corrected chi connectivity index (χ1v) is 11.0. The summed E-state index contributed by atoms with van der Waals surface area (Å²) in [5, 5.41) is 0. The highest BCUT2D eigenvalue weighted by atomic mass is 16.7. The van der Waals surface area contributed by atoms with Gasteiger partial charge >= 0.3 is 17.9 Å². The number of rotatable bonds is 7. The Hall–Kier alpha value is -3.97. The molecule has 3 aromatic rings. The number of carbonyl (C=O) groups excluding carboxylic acids is 3. The van der Waals surface area contributed by atoms with Crippen molar-refractivity contribution in [1.82, 2.24) is 0 Å². The summed E-state index contributed by atoms with van der Waals surface area (Å²) in [7, 11) is 0. The number of hydrogen-bond acceptors (Lipinski definition) is 7. The standard InChI is InChI=1S/C27H24O7/c28-25(19-10-4-1-5-11-19)31-18-23-16-22(33-26(29)20-12-6-2-7-13-20)17-24(32-23)34-27(30)21-14-8-3-9-15-21/h1-15,22-24H,16-18H2. The predicted octanol–water partition coefficient (Wildman–Crippen LogP) is 4.43. The topological polar surface area (TPSA) is 88.1 Å². The van der Waals surface area contributed by atoms with Crippen molar-refractivity contribution in [3.05, 3.63) is 108 Å². The van der Waals surface area contributed by atoms with Crippen LogP contribution in [0, 0.1) is 0 Å². The van der Waals surface area contributed by atoms with Crippen LogP contribution in [0.1, 0.15) is 43.9 Å². The average Bonchev–Trinajstić information content (AvgIpc) is 2.88. The van der Waals surface area contributed by atoms with Crippen LogP contribution in [0.5, 0.6) is 0 Å². The molecule has 3 atom stereocenters. The Kier molecular flexibility index (Phi) is 7.67. The highest BCUT2D eigenvalue weighted by Gasteiger charge is 2.35. The molecule has 0 N–H and O–H groups in total. The summed E-state index contributed by atoms with van der Waals surface area (Å²) in [6, 6.07) is 25.7. The molecular weight excluding hydrogens is 436 g/mol. The first-order valence-electron chi connectivity index (χ1n) is 11.0. The molecular formula is C27H24O7. The van der Waals surface area contributed by atoms with Crippen molar-refractivity contribution in [2.45, 2.75) is 31.3 Å². The molecule has 0 spiro atoms. The lowest BCUT2D eigenvalue weighted by molar-refractivity contribution is -0.198. The molecule has 1 fully saturated rings. The molecule has 1 heterocycles. The van der Waals surface area contributed by atoms with E-state index in [4.69, 9.17) is 18.9 Å². The second-order valence-corrected chi connectivity index (χ2v) is 7.79. The molecule has 1 saturated heterocycles. The van der Waals surface area contributed by atoms with Crippen molar-refractivity contribution in [1.29, 1.82) is 0 Å². The maximum atomic E-state index is 12.6. The van der Waals surface area contributed by atoms with Crippen molar-refractivity contribution in [3.8, 4) is 0 Å². The van der Waals surface area contributed by atoms with Crippen LogP contribution in [0.3, 0.4) is 0 Å². The number of benzene rings is 3. The quantitative estimate of drug-likeness (QED) is 0.381. The maximum Gasteiger partial charge on any atom is 0.340 e. The molecule has 0 saturated carbocycles. The first-order chi connectivity index (χ1) is 16.6. The Bertz CT molecular complexity index is 1040. The third kappa shape index (κ3) is 6.30. The predicted molar refractivity (Wildman–Crippen MR) is 122 cm³/mol. The lowest BCUT2D eigenvalue weighted by Gasteiger charge is -2.34. The van der Waals surface area contributed by atoms with Crippen molar-refractivity contribution in [2.24, 2.45) is 0 Å². The smallest absolute Gasteiger partial charge is 0.340 e. The molecule has 3 unspecified atom stereocenters. The second kappa shape index (κ2) is 11.2. The molecule has 174 valence electrons. The van der Waals surface area contributed by atoms with E-state index in [-0.39, 0.29) is 13.0 Å². The molecule has 0 amide bonds. The van der Waals surface area contributed by atoms with Gasteiger partial charge in [-0.15, -0.1) is 0 Å². The summed E-state index contributed by atoms with van der Waals surface area (Å²) in [5.74, 6) is -1.54. The zero-order chi connectivity index (χ0) is 23.8. The SMILES string of the molecule is O=C(OCC1CC(OC(=O)c2ccccc2)CC(OC(=O)c2ccccc2)O1)c1ccccc1. The van der Waals surface area contributed by atoms with Crippen LogP contribution in [0.25, 0.3) is 0 Å². The fraction of sp³-hybridized carbons (Fsp3) is 0.222. The molecule has 1 aliphatic heterocycles. The fourth-order valence-corrected chi connectivity index (χ4v) is 3.59. The summed E-state index contributed by atoms with van der Waals surface area (Å²) in [4.78, 5) is 37.4. The van der Waals surface area contributed by atoms with E-state index in [9.17, 15) is 14.4 Å². The summed E-state index contributed by atoms with van der Waals surface area (Å²) in [5.41, 5.74) is 1.21. The van der Waals surface area contributed by atoms with Gasteiger partial charge in [-0.05, 0) is 36.4 Å². The van der Waals surface area contributed by atoms with Gasteiger partial charge in [-0.2, -0.15) is 0 Å². The highest BCUT2D eigenvalue weighted by molar-refractivity contribution is 5.90. The molecule has 0 radical (unpaired) electrons. The first kappa shape index (κ1) is 23.2. The van der Waals surface area contributed by atoms with Gasteiger partial charge in [0.15, 0.2) is 0 Å². The summed E-state index contributed by atoms with van der Waals surface area (Å²) in [6.45, 7) is -0.0769. The summed E-state index contributed by atoms with van der Waals surface area (Å²) in [6.07, 6.45) is -1.71. The molecule has 7 nitrogen and oxygen atoms in total. The van der Waals surface area contributed by atoms with E-state index < -0.39 is 36.4 Å². The van der Waals surface area contributed by atoms with Crippen LogP contribution >= 0.6 is 0 Å². The van der Waals surface area contributed by atoms with E-state index >= 15 is 0 Å². The third-order valence-corrected chi connectivity index (χ3v) is 5.27. The normalized spacial score (nSPS) is 19.6. The molecule has 1 aliphatic rings. The van der Waals surface area contributed by atoms with E-state index in [2.05, 4.69) is 0 Å². The van der Waals surface area contributed by atoms with E-state index in [1.54, 1.807) is 91.0 Å². The van der Waals surface area contributed by atoms with Crippen LogP contribution in [-0.4, -0.2) is 43.0 Å². The average molecular weight is 460 g/mol. The van der Waals surface area contributed by atoms with E-state index in [0.717, 1.165) is 0 Å². The monoisotopic (exact) mass is 460 g/mol. The number of hydrogen-bond donors (Lipinski definition) is 0. The summed E-state index contributed by atoms with van der Waals surface area (Å²) < 4.78 is 22.5. The van der Waals surface area contributed by atoms with Gasteiger partial charge in [0.05, 0.1) is 22.8 Å². The number of carbonyl (C=O) groups is 3. The molecule has 0 bridgehead atoms. The Morgan fingerprint density at radius 2 is 1.12 bits per heavy atom. The number of esters is 3. The zero-order valence-electron chi connectivity index (χ0n) is 18.4. The van der Waals surface area contributed by atoms with E-state index in [1.165, 1.54) is 0 Å². The van der Waals surface area contributed by atoms with Crippen molar-refractivity contribution >= 4 is 17.9 Å². The molecule has 7 heteroatoms.